The van der Waals surface area contributed by atoms with Gasteiger partial charge in [0.1, 0.15) is 0 Å². The van der Waals surface area contributed by atoms with Gasteiger partial charge in [-0.05, 0) is 84.5 Å². The second-order valence-electron chi connectivity index (χ2n) is 7.20. The van der Waals surface area contributed by atoms with E-state index in [0.29, 0.717) is 17.1 Å². The number of benzene rings is 2. The second kappa shape index (κ2) is 6.46. The Morgan fingerprint density at radius 3 is 2.74 bits per heavy atom. The van der Waals surface area contributed by atoms with Gasteiger partial charge in [0.15, 0.2) is 0 Å². The highest BCUT2D eigenvalue weighted by atomic mass is 79.9. The number of rotatable bonds is 2. The first kappa shape index (κ1) is 17.0. The Hall–Kier alpha value is -2.18. The van der Waals surface area contributed by atoms with Crippen LogP contribution in [0, 0.1) is 0 Å². The molecule has 0 aliphatic carbocycles. The van der Waals surface area contributed by atoms with Crippen LogP contribution < -0.4 is 10.9 Å². The van der Waals surface area contributed by atoms with Crippen LogP contribution in [0.25, 0.3) is 27.7 Å². The molecule has 5 nitrogen and oxygen atoms in total. The molecular weight excluding hydrogens is 404 g/mol. The predicted octanol–water partition coefficient (Wildman–Crippen LogP) is 4.05. The molecule has 0 atom stereocenters. The average molecular weight is 425 g/mol. The number of hydrogen-bond donors (Lipinski definition) is 1. The summed E-state index contributed by atoms with van der Waals surface area (Å²) in [5.74, 6) is 1.31. The van der Waals surface area contributed by atoms with Crippen LogP contribution >= 0.6 is 15.9 Å². The highest BCUT2D eigenvalue weighted by Crippen LogP contribution is 2.31. The number of aromatic nitrogens is 3. The maximum absolute atomic E-state index is 12.7. The molecule has 0 unspecified atom stereocenters. The standard InChI is InChI=1S/C21H21BrN4O/c1-2-25-18-12-14(13-8-10-23-11-9-13)6-7-16(18)26-17-5-3-4-15(22)19(17)20(27)24-21(25)26/h3-7,12-13,23H,2,8-11H2,1H3. The first-order valence-electron chi connectivity index (χ1n) is 9.53. The molecule has 1 fully saturated rings. The van der Waals surface area contributed by atoms with Gasteiger partial charge in [-0.15, -0.1) is 0 Å². The van der Waals surface area contributed by atoms with Crippen molar-refractivity contribution in [3.8, 4) is 0 Å². The van der Waals surface area contributed by atoms with Gasteiger partial charge in [-0.3, -0.25) is 9.20 Å². The maximum Gasteiger partial charge on any atom is 0.283 e. The van der Waals surface area contributed by atoms with Crippen LogP contribution in [0.1, 0.15) is 31.2 Å². The first-order valence-corrected chi connectivity index (χ1v) is 10.3. The molecule has 2 aromatic heterocycles. The van der Waals surface area contributed by atoms with E-state index in [0.717, 1.165) is 40.7 Å². The van der Waals surface area contributed by atoms with E-state index in [4.69, 9.17) is 0 Å². The van der Waals surface area contributed by atoms with Gasteiger partial charge in [0.2, 0.25) is 5.78 Å². The van der Waals surface area contributed by atoms with Crippen LogP contribution in [0.3, 0.4) is 0 Å². The van der Waals surface area contributed by atoms with Crippen molar-refractivity contribution < 1.29 is 0 Å². The van der Waals surface area contributed by atoms with Gasteiger partial charge in [-0.1, -0.05) is 12.1 Å². The van der Waals surface area contributed by atoms with Crippen LogP contribution in [-0.2, 0) is 6.54 Å². The Balaban J connectivity index is 1.87. The van der Waals surface area contributed by atoms with Gasteiger partial charge in [-0.25, -0.2) is 0 Å². The number of aryl methyl sites for hydroxylation is 1. The zero-order valence-corrected chi connectivity index (χ0v) is 16.8. The molecular formula is C21H21BrN4O. The Kier molecular flexibility index (Phi) is 4.06. The third kappa shape index (κ3) is 2.54. The summed E-state index contributed by atoms with van der Waals surface area (Å²) in [5, 5.41) is 4.07. The molecule has 1 saturated heterocycles. The molecule has 0 amide bonds. The number of piperidine rings is 1. The van der Waals surface area contributed by atoms with E-state index in [1.807, 2.05) is 18.2 Å². The molecule has 1 N–H and O–H groups in total. The van der Waals surface area contributed by atoms with Crippen molar-refractivity contribution in [2.24, 2.45) is 0 Å². The van der Waals surface area contributed by atoms with Gasteiger partial charge >= 0.3 is 0 Å². The second-order valence-corrected chi connectivity index (χ2v) is 8.06. The Bertz CT molecular complexity index is 1230. The smallest absolute Gasteiger partial charge is 0.283 e. The summed E-state index contributed by atoms with van der Waals surface area (Å²) >= 11 is 3.52. The molecule has 138 valence electrons. The van der Waals surface area contributed by atoms with Crippen molar-refractivity contribution in [3.05, 3.63) is 56.8 Å². The summed E-state index contributed by atoms with van der Waals surface area (Å²) in [6.45, 7) is 5.03. The summed E-state index contributed by atoms with van der Waals surface area (Å²) in [7, 11) is 0. The Labute approximate surface area is 165 Å². The van der Waals surface area contributed by atoms with E-state index >= 15 is 0 Å². The predicted molar refractivity (Wildman–Crippen MR) is 113 cm³/mol. The lowest BCUT2D eigenvalue weighted by Crippen LogP contribution is -2.26. The molecule has 0 saturated carbocycles. The van der Waals surface area contributed by atoms with E-state index < -0.39 is 0 Å². The normalized spacial score (nSPS) is 15.9. The molecule has 0 spiro atoms. The fourth-order valence-electron chi connectivity index (χ4n) is 4.41. The summed E-state index contributed by atoms with van der Waals surface area (Å²) in [6.07, 6.45) is 2.34. The lowest BCUT2D eigenvalue weighted by atomic mass is 9.90. The molecule has 6 heteroatoms. The molecule has 5 rings (SSSR count). The topological polar surface area (TPSA) is 51.3 Å². The number of halogens is 1. The van der Waals surface area contributed by atoms with Crippen LogP contribution in [0.4, 0.5) is 0 Å². The molecule has 1 aliphatic rings. The average Bonchev–Trinajstić information content (AvgIpc) is 3.01. The van der Waals surface area contributed by atoms with Crippen LogP contribution in [0.5, 0.6) is 0 Å². The van der Waals surface area contributed by atoms with Crippen molar-refractivity contribution in [2.45, 2.75) is 32.2 Å². The Morgan fingerprint density at radius 2 is 1.96 bits per heavy atom. The number of fused-ring (bicyclic) bond motifs is 5. The fraction of sp³-hybridized carbons (Fsp3) is 0.333. The summed E-state index contributed by atoms with van der Waals surface area (Å²) < 4.78 is 5.06. The van der Waals surface area contributed by atoms with Crippen molar-refractivity contribution in [1.29, 1.82) is 0 Å². The van der Waals surface area contributed by atoms with Crippen LogP contribution in [0.15, 0.2) is 45.7 Å². The molecule has 27 heavy (non-hydrogen) atoms. The molecule has 4 aromatic rings. The third-order valence-corrected chi connectivity index (χ3v) is 6.41. The summed E-state index contributed by atoms with van der Waals surface area (Å²) in [5.41, 5.74) is 4.34. The zero-order valence-electron chi connectivity index (χ0n) is 15.2. The van der Waals surface area contributed by atoms with Gasteiger partial charge in [-0.2, -0.15) is 4.98 Å². The van der Waals surface area contributed by atoms with E-state index in [-0.39, 0.29) is 5.56 Å². The van der Waals surface area contributed by atoms with E-state index in [1.165, 1.54) is 18.4 Å². The Morgan fingerprint density at radius 1 is 1.15 bits per heavy atom. The molecule has 0 bridgehead atoms. The minimum atomic E-state index is -0.187. The van der Waals surface area contributed by atoms with Gasteiger partial charge < -0.3 is 9.88 Å². The van der Waals surface area contributed by atoms with Crippen LogP contribution in [-0.4, -0.2) is 27.0 Å². The molecule has 3 heterocycles. The maximum atomic E-state index is 12.7. The zero-order chi connectivity index (χ0) is 18.5. The molecule has 1 aliphatic heterocycles. The lowest BCUT2D eigenvalue weighted by molar-refractivity contribution is 0.460. The number of nitrogens with zero attached hydrogens (tertiary/aromatic N) is 3. The van der Waals surface area contributed by atoms with E-state index in [1.54, 1.807) is 0 Å². The number of imidazole rings is 1. The molecule has 2 aromatic carbocycles. The van der Waals surface area contributed by atoms with E-state index in [2.05, 4.69) is 60.3 Å². The van der Waals surface area contributed by atoms with Crippen molar-refractivity contribution in [3.63, 3.8) is 0 Å². The minimum absolute atomic E-state index is 0.187. The quantitative estimate of drug-likeness (QED) is 0.527. The van der Waals surface area contributed by atoms with Gasteiger partial charge in [0.05, 0.1) is 21.9 Å². The third-order valence-electron chi connectivity index (χ3n) is 5.75. The van der Waals surface area contributed by atoms with Crippen molar-refractivity contribution in [2.75, 3.05) is 13.1 Å². The monoisotopic (exact) mass is 424 g/mol. The summed E-state index contributed by atoms with van der Waals surface area (Å²) in [4.78, 5) is 17.1. The largest absolute Gasteiger partial charge is 0.317 e. The SMILES string of the molecule is CCn1c2cc(C3CCNCC3)ccc2n2c3cccc(Br)c3c(=O)nc12. The number of nitrogens with one attached hydrogen (secondary N) is 1. The van der Waals surface area contributed by atoms with E-state index in [9.17, 15) is 4.79 Å². The number of hydrogen-bond acceptors (Lipinski definition) is 3. The summed E-state index contributed by atoms with van der Waals surface area (Å²) in [6, 6.07) is 12.6. The fourth-order valence-corrected chi connectivity index (χ4v) is 4.93. The van der Waals surface area contributed by atoms with Gasteiger partial charge in [0.25, 0.3) is 5.56 Å². The van der Waals surface area contributed by atoms with Crippen LogP contribution in [0.2, 0.25) is 0 Å². The molecule has 0 radical (unpaired) electrons. The minimum Gasteiger partial charge on any atom is -0.317 e. The first-order chi connectivity index (χ1) is 13.2. The highest BCUT2D eigenvalue weighted by molar-refractivity contribution is 9.10. The highest BCUT2D eigenvalue weighted by Gasteiger charge is 2.19. The van der Waals surface area contributed by atoms with Gasteiger partial charge in [0, 0.05) is 11.0 Å². The van der Waals surface area contributed by atoms with Crippen molar-refractivity contribution >= 4 is 43.6 Å². The lowest BCUT2D eigenvalue weighted by Gasteiger charge is -2.23. The van der Waals surface area contributed by atoms with Crippen molar-refractivity contribution in [1.82, 2.24) is 19.3 Å².